The summed E-state index contributed by atoms with van der Waals surface area (Å²) in [5.41, 5.74) is 3.33. The Balaban J connectivity index is 1.01. The van der Waals surface area contributed by atoms with E-state index in [2.05, 4.69) is 54.0 Å². The second-order valence-corrected chi connectivity index (χ2v) is 16.1. The van der Waals surface area contributed by atoms with E-state index in [4.69, 9.17) is 18.9 Å². The molecule has 0 aromatic heterocycles. The van der Waals surface area contributed by atoms with Crippen molar-refractivity contribution in [2.45, 2.75) is 103 Å². The van der Waals surface area contributed by atoms with Crippen LogP contribution in [0.4, 0.5) is 0 Å². The lowest BCUT2D eigenvalue weighted by Gasteiger charge is -2.60. The van der Waals surface area contributed by atoms with Crippen molar-refractivity contribution in [3.63, 3.8) is 0 Å². The van der Waals surface area contributed by atoms with Crippen molar-refractivity contribution in [1.29, 1.82) is 0 Å². The van der Waals surface area contributed by atoms with Crippen LogP contribution in [-0.2, 0) is 19.8 Å². The summed E-state index contributed by atoms with van der Waals surface area (Å²) in [5, 5.41) is 0. The summed E-state index contributed by atoms with van der Waals surface area (Å²) in [6.45, 7) is 15.4. The minimum Gasteiger partial charge on any atom is -0.497 e. The van der Waals surface area contributed by atoms with E-state index < -0.39 is 0 Å². The second kappa shape index (κ2) is 14.2. The highest BCUT2D eigenvalue weighted by molar-refractivity contribution is 5.35. The largest absolute Gasteiger partial charge is 0.497 e. The van der Waals surface area contributed by atoms with E-state index in [1.165, 1.54) is 96.0 Å². The Morgan fingerprint density at radius 3 is 2.15 bits per heavy atom. The number of hydrogen-bond donors (Lipinski definition) is 0. The molecule has 2 unspecified atom stereocenters. The number of benzene rings is 1. The summed E-state index contributed by atoms with van der Waals surface area (Å²) in [6.07, 6.45) is 18.1. The molecule has 6 nitrogen and oxygen atoms in total. The molecule has 0 radical (unpaired) electrons. The molecule has 0 spiro atoms. The van der Waals surface area contributed by atoms with Crippen LogP contribution in [0, 0.1) is 28.6 Å². The van der Waals surface area contributed by atoms with Crippen molar-refractivity contribution in [2.24, 2.45) is 28.6 Å². The fraction of sp³-hybridized carbons (Fsp3) is 0.800. The van der Waals surface area contributed by atoms with Crippen LogP contribution in [0.5, 0.6) is 5.75 Å². The van der Waals surface area contributed by atoms with Crippen molar-refractivity contribution >= 4 is 0 Å². The highest BCUT2D eigenvalue weighted by Gasteiger charge is 2.65. The summed E-state index contributed by atoms with van der Waals surface area (Å²) >= 11 is 0. The van der Waals surface area contributed by atoms with Gasteiger partial charge in [0.05, 0.1) is 45.2 Å². The third-order valence-electron chi connectivity index (χ3n) is 14.0. The molecule has 6 heteroatoms. The van der Waals surface area contributed by atoms with Gasteiger partial charge in [-0.1, -0.05) is 37.6 Å². The molecule has 5 fully saturated rings. The SMILES string of the molecule is COc1ccc(C2(OCCN3CCCC3)CC[C@H]3[C@@H]4CCC5=CC(OCCOCCN6CCCC6)CC[C@]5(C)[C@@H]4CC[C@@]32C)cc1. The molecule has 3 saturated carbocycles. The van der Waals surface area contributed by atoms with Crippen molar-refractivity contribution in [1.82, 2.24) is 9.80 Å². The molecule has 1 aromatic carbocycles. The van der Waals surface area contributed by atoms with Crippen LogP contribution in [0.2, 0.25) is 0 Å². The lowest BCUT2D eigenvalue weighted by molar-refractivity contribution is -0.167. The van der Waals surface area contributed by atoms with E-state index in [0.29, 0.717) is 24.5 Å². The van der Waals surface area contributed by atoms with Gasteiger partial charge >= 0.3 is 0 Å². The molecule has 0 bridgehead atoms. The van der Waals surface area contributed by atoms with E-state index in [1.54, 1.807) is 12.7 Å². The van der Waals surface area contributed by atoms with Gasteiger partial charge in [-0.2, -0.15) is 0 Å². The first-order valence-corrected chi connectivity index (χ1v) is 19.1. The first-order chi connectivity index (χ1) is 22.4. The quantitative estimate of drug-likeness (QED) is 0.166. The number of ether oxygens (including phenoxy) is 4. The second-order valence-electron chi connectivity index (χ2n) is 16.1. The summed E-state index contributed by atoms with van der Waals surface area (Å²) in [5.74, 6) is 3.20. The van der Waals surface area contributed by atoms with Crippen LogP contribution >= 0.6 is 0 Å². The summed E-state index contributed by atoms with van der Waals surface area (Å²) < 4.78 is 25.2. The fourth-order valence-electron chi connectivity index (χ4n) is 11.4. The van der Waals surface area contributed by atoms with Gasteiger partial charge in [-0.3, -0.25) is 0 Å². The van der Waals surface area contributed by atoms with Gasteiger partial charge in [0, 0.05) is 18.5 Å². The van der Waals surface area contributed by atoms with Gasteiger partial charge in [0.25, 0.3) is 0 Å². The highest BCUT2D eigenvalue weighted by atomic mass is 16.5. The Bertz CT molecular complexity index is 1180. The average Bonchev–Trinajstić information content (AvgIpc) is 3.85. The fourth-order valence-corrected chi connectivity index (χ4v) is 11.4. The predicted molar refractivity (Wildman–Crippen MR) is 184 cm³/mol. The molecule has 0 N–H and O–H groups in total. The highest BCUT2D eigenvalue weighted by Crippen LogP contribution is 2.70. The molecule has 256 valence electrons. The predicted octanol–water partition coefficient (Wildman–Crippen LogP) is 7.46. The summed E-state index contributed by atoms with van der Waals surface area (Å²) in [6, 6.07) is 8.95. The zero-order valence-electron chi connectivity index (χ0n) is 29.3. The number of likely N-dealkylation sites (tertiary alicyclic amines) is 2. The van der Waals surface area contributed by atoms with Crippen LogP contribution in [0.1, 0.15) is 96.5 Å². The van der Waals surface area contributed by atoms with Gasteiger partial charge in [-0.25, -0.2) is 0 Å². The van der Waals surface area contributed by atoms with Gasteiger partial charge < -0.3 is 28.7 Å². The Hall–Kier alpha value is -1.44. The van der Waals surface area contributed by atoms with Crippen LogP contribution in [0.15, 0.2) is 35.9 Å². The standard InChI is InChI=1S/C40H62N2O4/c1-38-17-14-34(45-29-28-44-26-24-41-20-4-5-21-41)30-32(38)10-13-35-36(38)15-18-39(2)37(35)16-19-40(39,31-8-11-33(43-3)12-9-31)46-27-25-42-22-6-7-23-42/h8-9,11-12,30,34-37H,4-7,10,13-29H2,1-3H3/t34?,35-,36-,37+,38+,39+,40?/m1/s1. The van der Waals surface area contributed by atoms with E-state index in [-0.39, 0.29) is 17.1 Å². The maximum atomic E-state index is 7.27. The normalized spacial score (nSPS) is 37.9. The Morgan fingerprint density at radius 2 is 1.43 bits per heavy atom. The lowest BCUT2D eigenvalue weighted by atomic mass is 9.46. The van der Waals surface area contributed by atoms with Crippen LogP contribution in [-0.4, -0.2) is 88.7 Å². The summed E-state index contributed by atoms with van der Waals surface area (Å²) in [4.78, 5) is 5.12. The lowest BCUT2D eigenvalue weighted by Crippen LogP contribution is -2.55. The Labute approximate surface area is 279 Å². The van der Waals surface area contributed by atoms with Gasteiger partial charge in [0.1, 0.15) is 5.75 Å². The van der Waals surface area contributed by atoms with Crippen molar-refractivity contribution in [2.75, 3.05) is 72.8 Å². The average molecular weight is 635 g/mol. The minimum absolute atomic E-state index is 0.153. The van der Waals surface area contributed by atoms with E-state index in [9.17, 15) is 0 Å². The number of nitrogens with zero attached hydrogens (tertiary/aromatic N) is 2. The number of methoxy groups -OCH3 is 1. The first-order valence-electron chi connectivity index (χ1n) is 19.1. The molecule has 2 heterocycles. The van der Waals surface area contributed by atoms with Crippen molar-refractivity contribution in [3.8, 4) is 5.75 Å². The molecule has 0 amide bonds. The third kappa shape index (κ3) is 6.24. The number of fused-ring (bicyclic) bond motifs is 5. The molecule has 7 rings (SSSR count). The topological polar surface area (TPSA) is 43.4 Å². The third-order valence-corrected chi connectivity index (χ3v) is 14.0. The van der Waals surface area contributed by atoms with Crippen LogP contribution in [0.25, 0.3) is 0 Å². The molecular formula is C40H62N2O4. The molecule has 4 aliphatic carbocycles. The maximum absolute atomic E-state index is 7.27. The van der Waals surface area contributed by atoms with Crippen LogP contribution < -0.4 is 4.74 Å². The molecule has 2 saturated heterocycles. The Morgan fingerprint density at radius 1 is 0.739 bits per heavy atom. The van der Waals surface area contributed by atoms with Gasteiger partial charge in [0.2, 0.25) is 0 Å². The maximum Gasteiger partial charge on any atom is 0.118 e. The number of rotatable bonds is 13. The number of hydrogen-bond acceptors (Lipinski definition) is 6. The van der Waals surface area contributed by atoms with Gasteiger partial charge in [0.15, 0.2) is 0 Å². The van der Waals surface area contributed by atoms with Gasteiger partial charge in [-0.05, 0) is 144 Å². The smallest absolute Gasteiger partial charge is 0.118 e. The molecule has 46 heavy (non-hydrogen) atoms. The van der Waals surface area contributed by atoms with Gasteiger partial charge in [-0.15, -0.1) is 0 Å². The van der Waals surface area contributed by atoms with E-state index >= 15 is 0 Å². The van der Waals surface area contributed by atoms with Crippen LogP contribution in [0.3, 0.4) is 0 Å². The molecular weight excluding hydrogens is 572 g/mol. The first kappa shape index (κ1) is 33.1. The van der Waals surface area contributed by atoms with E-state index in [1.807, 2.05) is 0 Å². The summed E-state index contributed by atoms with van der Waals surface area (Å²) in [7, 11) is 1.77. The molecule has 1 aromatic rings. The van der Waals surface area contributed by atoms with E-state index in [0.717, 1.165) is 56.7 Å². The zero-order valence-corrected chi connectivity index (χ0v) is 29.3. The molecule has 7 atom stereocenters. The minimum atomic E-state index is -0.215. The van der Waals surface area contributed by atoms with Crippen molar-refractivity contribution in [3.05, 3.63) is 41.5 Å². The monoisotopic (exact) mass is 634 g/mol. The Kier molecular flexibility index (Phi) is 10.2. The molecule has 6 aliphatic rings. The van der Waals surface area contributed by atoms with Crippen molar-refractivity contribution < 1.29 is 18.9 Å². The zero-order chi connectivity index (χ0) is 31.6. The number of allylic oxidation sites excluding steroid dienone is 1. The molecule has 2 aliphatic heterocycles.